The van der Waals surface area contributed by atoms with E-state index in [1.54, 1.807) is 0 Å². The minimum Gasteiger partial charge on any atom is -0.488 e. The Labute approximate surface area is 273 Å². The maximum Gasteiger partial charge on any atom is 0.224 e. The van der Waals surface area contributed by atoms with Crippen molar-refractivity contribution >= 4 is 11.6 Å². The zero-order chi connectivity index (χ0) is 31.4. The van der Waals surface area contributed by atoms with Crippen molar-refractivity contribution in [3.63, 3.8) is 0 Å². The van der Waals surface area contributed by atoms with E-state index in [1.807, 2.05) is 78.9 Å². The largest absolute Gasteiger partial charge is 0.488 e. The predicted molar refractivity (Wildman–Crippen MR) is 185 cm³/mol. The Morgan fingerprint density at radius 3 is 2.13 bits per heavy atom. The highest BCUT2D eigenvalue weighted by Gasteiger charge is 2.34. The summed E-state index contributed by atoms with van der Waals surface area (Å²) in [7, 11) is 0. The first-order chi connectivity index (χ1) is 22.0. The fraction of sp³-hybridized carbons (Fsp3) is 0.275. The molecule has 0 saturated carbocycles. The molecule has 0 unspecified atom stereocenters. The standard InChI is InChI=1S/C40H42ClNO3/c1-4-29(2)17-9-5-14-22-33-25-30(3)37(43-28-33)36-38(44-26-31-18-10-6-11-19-31)35(34-23-15-8-16-24-34)39(41)42-40(36)45-27-32-20-12-7-13-21-32/h6-8,10-25,30,37H,4-5,9,26-28H2,1-3H3/b22-14+,29-17+/t30-,37-/m1/s1. The number of rotatable bonds is 13. The number of hydrogen-bond acceptors (Lipinski definition) is 4. The van der Waals surface area contributed by atoms with Crippen LogP contribution in [-0.4, -0.2) is 11.6 Å². The van der Waals surface area contributed by atoms with Crippen molar-refractivity contribution in [2.75, 3.05) is 6.61 Å². The molecule has 3 aromatic carbocycles. The SMILES string of the molecule is CC/C(C)=C/CC/C=C/C1=C[C@@H](C)[C@H](c2c(OCc3ccccc3)nc(Cl)c(-c3ccccc3)c2OCc2ccccc2)OC1. The van der Waals surface area contributed by atoms with Crippen molar-refractivity contribution in [2.45, 2.75) is 59.4 Å². The summed E-state index contributed by atoms with van der Waals surface area (Å²) < 4.78 is 19.8. The lowest BCUT2D eigenvalue weighted by molar-refractivity contribution is 0.0282. The third kappa shape index (κ3) is 8.75. The van der Waals surface area contributed by atoms with E-state index in [0.717, 1.165) is 47.1 Å². The van der Waals surface area contributed by atoms with Gasteiger partial charge in [0.1, 0.15) is 24.1 Å². The Morgan fingerprint density at radius 2 is 1.51 bits per heavy atom. The molecule has 0 N–H and O–H groups in total. The summed E-state index contributed by atoms with van der Waals surface area (Å²) in [6, 6.07) is 30.2. The van der Waals surface area contributed by atoms with Gasteiger partial charge in [0.25, 0.3) is 0 Å². The smallest absolute Gasteiger partial charge is 0.224 e. The second kappa shape index (κ2) is 16.3. The fourth-order valence-electron chi connectivity index (χ4n) is 5.42. The van der Waals surface area contributed by atoms with Gasteiger partial charge in [0.2, 0.25) is 5.88 Å². The van der Waals surface area contributed by atoms with Gasteiger partial charge in [-0.05, 0) is 48.4 Å². The zero-order valence-electron chi connectivity index (χ0n) is 26.4. The third-order valence-corrected chi connectivity index (χ3v) is 8.27. The minimum atomic E-state index is -0.346. The Kier molecular flexibility index (Phi) is 11.7. The summed E-state index contributed by atoms with van der Waals surface area (Å²) in [5.41, 5.74) is 7.11. The fourth-order valence-corrected chi connectivity index (χ4v) is 5.69. The molecule has 0 radical (unpaired) electrons. The molecule has 5 heteroatoms. The number of hydrogen-bond donors (Lipinski definition) is 0. The van der Waals surface area contributed by atoms with Gasteiger partial charge in [0, 0.05) is 5.92 Å². The number of aromatic nitrogens is 1. The molecule has 1 aliphatic rings. The van der Waals surface area contributed by atoms with Gasteiger partial charge < -0.3 is 14.2 Å². The van der Waals surface area contributed by atoms with Crippen LogP contribution in [0.5, 0.6) is 11.6 Å². The van der Waals surface area contributed by atoms with Crippen molar-refractivity contribution in [3.05, 3.63) is 148 Å². The molecule has 5 rings (SSSR count). The number of nitrogens with zero attached hydrogens (tertiary/aromatic N) is 1. The summed E-state index contributed by atoms with van der Waals surface area (Å²) in [4.78, 5) is 4.84. The quantitative estimate of drug-likeness (QED) is 0.0848. The van der Waals surface area contributed by atoms with E-state index >= 15 is 0 Å². The summed E-state index contributed by atoms with van der Waals surface area (Å²) >= 11 is 6.98. The van der Waals surface area contributed by atoms with Crippen LogP contribution in [0.4, 0.5) is 0 Å². The van der Waals surface area contributed by atoms with Crippen molar-refractivity contribution in [2.24, 2.45) is 5.92 Å². The van der Waals surface area contributed by atoms with Gasteiger partial charge in [-0.1, -0.05) is 146 Å². The number of pyridine rings is 1. The Balaban J connectivity index is 1.53. The minimum absolute atomic E-state index is 0.0328. The Morgan fingerprint density at radius 1 is 0.889 bits per heavy atom. The van der Waals surface area contributed by atoms with Crippen LogP contribution < -0.4 is 9.47 Å². The van der Waals surface area contributed by atoms with Crippen molar-refractivity contribution in [1.29, 1.82) is 0 Å². The molecule has 0 spiro atoms. The molecule has 1 aliphatic heterocycles. The van der Waals surface area contributed by atoms with Gasteiger partial charge in [0.15, 0.2) is 0 Å². The average Bonchev–Trinajstić information content (AvgIpc) is 3.07. The van der Waals surface area contributed by atoms with Crippen LogP contribution >= 0.6 is 11.6 Å². The normalized spacial score (nSPS) is 16.9. The first-order valence-electron chi connectivity index (χ1n) is 15.8. The highest BCUT2D eigenvalue weighted by molar-refractivity contribution is 6.32. The summed E-state index contributed by atoms with van der Waals surface area (Å²) in [5.74, 6) is 1.09. The van der Waals surface area contributed by atoms with Crippen LogP contribution in [0.1, 0.15) is 62.8 Å². The van der Waals surface area contributed by atoms with Crippen molar-refractivity contribution < 1.29 is 14.2 Å². The van der Waals surface area contributed by atoms with E-state index in [0.29, 0.717) is 36.6 Å². The number of unbranched alkanes of at least 4 members (excludes halogenated alkanes) is 1. The van der Waals surface area contributed by atoms with E-state index in [1.165, 1.54) is 11.1 Å². The van der Waals surface area contributed by atoms with E-state index < -0.39 is 0 Å². The molecule has 4 nitrogen and oxygen atoms in total. The highest BCUT2D eigenvalue weighted by atomic mass is 35.5. The maximum atomic E-state index is 6.98. The Bertz CT molecular complexity index is 1610. The zero-order valence-corrected chi connectivity index (χ0v) is 27.2. The first-order valence-corrected chi connectivity index (χ1v) is 16.2. The molecule has 0 fully saturated rings. The molecular formula is C40H42ClNO3. The van der Waals surface area contributed by atoms with Crippen LogP contribution in [0, 0.1) is 5.92 Å². The third-order valence-electron chi connectivity index (χ3n) is 8.00. The topological polar surface area (TPSA) is 40.6 Å². The number of allylic oxidation sites excluding steroid dienone is 3. The summed E-state index contributed by atoms with van der Waals surface area (Å²) in [6.07, 6.45) is 11.8. The van der Waals surface area contributed by atoms with Gasteiger partial charge in [-0.2, -0.15) is 0 Å². The molecule has 2 heterocycles. The second-order valence-corrected chi connectivity index (χ2v) is 11.8. The summed E-state index contributed by atoms with van der Waals surface area (Å²) in [5, 5.41) is 0.325. The van der Waals surface area contributed by atoms with Crippen LogP contribution in [0.15, 0.2) is 126 Å². The van der Waals surface area contributed by atoms with Crippen LogP contribution in [0.2, 0.25) is 5.15 Å². The first kappa shape index (κ1) is 32.3. The predicted octanol–water partition coefficient (Wildman–Crippen LogP) is 10.9. The average molecular weight is 620 g/mol. The number of benzene rings is 3. The van der Waals surface area contributed by atoms with Crippen LogP contribution in [0.3, 0.4) is 0 Å². The lowest BCUT2D eigenvalue weighted by Gasteiger charge is -2.31. The number of ether oxygens (including phenoxy) is 3. The molecule has 0 amide bonds. The van der Waals surface area contributed by atoms with Gasteiger partial charge in [-0.15, -0.1) is 0 Å². The molecule has 0 aliphatic carbocycles. The molecule has 0 bridgehead atoms. The molecule has 232 valence electrons. The molecular weight excluding hydrogens is 578 g/mol. The van der Waals surface area contributed by atoms with Crippen molar-refractivity contribution in [1.82, 2.24) is 4.98 Å². The van der Waals surface area contributed by atoms with E-state index in [4.69, 9.17) is 30.8 Å². The molecule has 2 atom stereocenters. The van der Waals surface area contributed by atoms with Crippen LogP contribution in [0.25, 0.3) is 11.1 Å². The van der Waals surface area contributed by atoms with E-state index in [9.17, 15) is 0 Å². The molecule has 4 aromatic rings. The van der Waals surface area contributed by atoms with E-state index in [-0.39, 0.29) is 12.0 Å². The summed E-state index contributed by atoms with van der Waals surface area (Å²) in [6.45, 7) is 7.74. The second-order valence-electron chi connectivity index (χ2n) is 11.5. The lowest BCUT2D eigenvalue weighted by atomic mass is 9.90. The van der Waals surface area contributed by atoms with Gasteiger partial charge in [-0.3, -0.25) is 0 Å². The Hall–Kier alpha value is -4.12. The van der Waals surface area contributed by atoms with E-state index in [2.05, 4.69) is 57.2 Å². The monoisotopic (exact) mass is 619 g/mol. The van der Waals surface area contributed by atoms with Gasteiger partial charge >= 0.3 is 0 Å². The molecule has 1 aromatic heterocycles. The molecule has 0 saturated heterocycles. The molecule has 45 heavy (non-hydrogen) atoms. The lowest BCUT2D eigenvalue weighted by Crippen LogP contribution is -2.21. The van der Waals surface area contributed by atoms with Crippen LogP contribution in [-0.2, 0) is 18.0 Å². The van der Waals surface area contributed by atoms with Gasteiger partial charge in [0.05, 0.1) is 23.8 Å². The number of halogens is 1. The highest BCUT2D eigenvalue weighted by Crippen LogP contribution is 2.49. The van der Waals surface area contributed by atoms with Crippen molar-refractivity contribution in [3.8, 4) is 22.8 Å². The maximum absolute atomic E-state index is 6.98. The van der Waals surface area contributed by atoms with Gasteiger partial charge in [-0.25, -0.2) is 4.98 Å².